The van der Waals surface area contributed by atoms with Gasteiger partial charge in [0.1, 0.15) is 16.5 Å². The van der Waals surface area contributed by atoms with Crippen LogP contribution in [0.4, 0.5) is 0 Å². The number of fused-ring (bicyclic) bond motifs is 1. The van der Waals surface area contributed by atoms with Gasteiger partial charge in [0, 0.05) is 11.6 Å². The lowest BCUT2D eigenvalue weighted by Gasteiger charge is -2.27. The minimum Gasteiger partial charge on any atom is -0.495 e. The van der Waals surface area contributed by atoms with Crippen LogP contribution in [0.1, 0.15) is 30.9 Å². The lowest BCUT2D eigenvalue weighted by molar-refractivity contribution is 0.337. The van der Waals surface area contributed by atoms with Crippen LogP contribution in [0, 0.1) is 17.8 Å². The molecule has 1 N–H and O–H groups in total. The molecule has 2 aliphatic carbocycles. The first kappa shape index (κ1) is 14.0. The molecular weight excluding hydrogens is 274 g/mol. The minimum atomic E-state index is 0.307. The summed E-state index contributed by atoms with van der Waals surface area (Å²) in [5, 5.41) is 4.03. The molecule has 0 saturated heterocycles. The molecule has 3 unspecified atom stereocenters. The number of ether oxygens (including phenoxy) is 2. The van der Waals surface area contributed by atoms with E-state index >= 15 is 0 Å². The molecule has 0 bridgehead atoms. The van der Waals surface area contributed by atoms with E-state index in [4.69, 9.17) is 21.1 Å². The van der Waals surface area contributed by atoms with Crippen LogP contribution >= 0.6 is 11.6 Å². The minimum absolute atomic E-state index is 0.307. The van der Waals surface area contributed by atoms with Crippen molar-refractivity contribution in [1.29, 1.82) is 0 Å². The van der Waals surface area contributed by atoms with Crippen molar-refractivity contribution < 1.29 is 9.47 Å². The summed E-state index contributed by atoms with van der Waals surface area (Å²) in [6.45, 7) is 0. The van der Waals surface area contributed by atoms with Crippen LogP contribution in [0.5, 0.6) is 11.5 Å². The van der Waals surface area contributed by atoms with Gasteiger partial charge in [-0.25, -0.2) is 0 Å². The summed E-state index contributed by atoms with van der Waals surface area (Å²) >= 11 is 6.38. The highest BCUT2D eigenvalue weighted by Crippen LogP contribution is 2.58. The van der Waals surface area contributed by atoms with Gasteiger partial charge in [-0.1, -0.05) is 11.6 Å². The van der Waals surface area contributed by atoms with Gasteiger partial charge in [0.25, 0.3) is 0 Å². The predicted octanol–water partition coefficient (Wildman–Crippen LogP) is 3.66. The molecule has 3 nitrogen and oxygen atoms in total. The van der Waals surface area contributed by atoms with Crippen LogP contribution in [-0.4, -0.2) is 21.3 Å². The Morgan fingerprint density at radius 1 is 1.15 bits per heavy atom. The number of nitrogens with one attached hydrogen (secondary N) is 1. The van der Waals surface area contributed by atoms with Crippen LogP contribution in [0.15, 0.2) is 12.1 Å². The Labute approximate surface area is 125 Å². The quantitative estimate of drug-likeness (QED) is 0.899. The molecule has 1 aromatic carbocycles. The summed E-state index contributed by atoms with van der Waals surface area (Å²) in [5.74, 6) is 4.02. The average molecular weight is 296 g/mol. The monoisotopic (exact) mass is 295 g/mol. The molecule has 20 heavy (non-hydrogen) atoms. The summed E-state index contributed by atoms with van der Waals surface area (Å²) in [6.07, 6.45) is 4.08. The zero-order valence-electron chi connectivity index (χ0n) is 12.3. The molecule has 0 spiro atoms. The molecule has 0 radical (unpaired) electrons. The topological polar surface area (TPSA) is 30.5 Å². The molecule has 0 aliphatic heterocycles. The molecule has 3 atom stereocenters. The highest BCUT2D eigenvalue weighted by atomic mass is 35.5. The van der Waals surface area contributed by atoms with Crippen molar-refractivity contribution in [3.05, 3.63) is 22.7 Å². The van der Waals surface area contributed by atoms with Crippen LogP contribution in [-0.2, 0) is 0 Å². The molecule has 110 valence electrons. The lowest BCUT2D eigenvalue weighted by atomic mass is 9.88. The van der Waals surface area contributed by atoms with E-state index in [2.05, 4.69) is 11.4 Å². The largest absolute Gasteiger partial charge is 0.495 e. The third-order valence-corrected chi connectivity index (χ3v) is 5.27. The van der Waals surface area contributed by atoms with Crippen LogP contribution in [0.25, 0.3) is 0 Å². The maximum atomic E-state index is 6.38. The molecule has 2 saturated carbocycles. The van der Waals surface area contributed by atoms with Gasteiger partial charge in [0.15, 0.2) is 0 Å². The third-order valence-electron chi connectivity index (χ3n) is 4.91. The lowest BCUT2D eigenvalue weighted by Crippen LogP contribution is -2.25. The SMILES string of the molecule is CNC(c1ccc(OC)c(Cl)c1OC)C1CC2CC2C1. The van der Waals surface area contributed by atoms with Crippen molar-refractivity contribution >= 4 is 11.6 Å². The van der Waals surface area contributed by atoms with Gasteiger partial charge >= 0.3 is 0 Å². The van der Waals surface area contributed by atoms with Gasteiger partial charge in [-0.2, -0.15) is 0 Å². The fourth-order valence-electron chi connectivity index (χ4n) is 3.84. The molecule has 0 aromatic heterocycles. The third kappa shape index (κ3) is 2.27. The molecular formula is C16H22ClNO2. The molecule has 3 rings (SSSR count). The zero-order chi connectivity index (χ0) is 14.3. The Morgan fingerprint density at radius 2 is 1.85 bits per heavy atom. The second-order valence-electron chi connectivity index (χ2n) is 5.96. The Hall–Kier alpha value is -0.930. The molecule has 0 amide bonds. The molecule has 4 heteroatoms. The maximum absolute atomic E-state index is 6.38. The van der Waals surface area contributed by atoms with E-state index < -0.39 is 0 Å². The predicted molar refractivity (Wildman–Crippen MR) is 80.7 cm³/mol. The van der Waals surface area contributed by atoms with Gasteiger partial charge < -0.3 is 14.8 Å². The van der Waals surface area contributed by atoms with E-state index in [0.717, 1.165) is 23.1 Å². The fourth-order valence-corrected chi connectivity index (χ4v) is 4.17. The maximum Gasteiger partial charge on any atom is 0.146 e. The second-order valence-corrected chi connectivity index (χ2v) is 6.34. The van der Waals surface area contributed by atoms with Gasteiger partial charge in [0.05, 0.1) is 14.2 Å². The first-order valence-corrected chi connectivity index (χ1v) is 7.65. The summed E-state index contributed by atoms with van der Waals surface area (Å²) < 4.78 is 10.8. The normalized spacial score (nSPS) is 28.9. The van der Waals surface area contributed by atoms with E-state index in [1.54, 1.807) is 14.2 Å². The van der Waals surface area contributed by atoms with Crippen molar-refractivity contribution in [2.45, 2.75) is 25.3 Å². The summed E-state index contributed by atoms with van der Waals surface area (Å²) in [5.41, 5.74) is 1.15. The van der Waals surface area contributed by atoms with Crippen molar-refractivity contribution in [2.75, 3.05) is 21.3 Å². The molecule has 1 aromatic rings. The van der Waals surface area contributed by atoms with E-state index in [1.165, 1.54) is 19.3 Å². The smallest absolute Gasteiger partial charge is 0.146 e. The van der Waals surface area contributed by atoms with E-state index in [1.807, 2.05) is 13.1 Å². The molecule has 0 heterocycles. The highest BCUT2D eigenvalue weighted by molar-refractivity contribution is 6.33. The van der Waals surface area contributed by atoms with Crippen molar-refractivity contribution in [1.82, 2.24) is 5.32 Å². The summed E-state index contributed by atoms with van der Waals surface area (Å²) in [4.78, 5) is 0. The van der Waals surface area contributed by atoms with Crippen LogP contribution in [0.3, 0.4) is 0 Å². The fraction of sp³-hybridized carbons (Fsp3) is 0.625. The van der Waals surface area contributed by atoms with E-state index in [0.29, 0.717) is 22.7 Å². The standard InChI is InChI=1S/C16H22ClNO2/c1-18-15(11-7-9-6-10(9)8-11)12-4-5-13(19-2)14(17)16(12)20-3/h4-5,9-11,15,18H,6-8H2,1-3H3. The number of methoxy groups -OCH3 is 2. The first-order chi connectivity index (χ1) is 9.69. The van der Waals surface area contributed by atoms with Gasteiger partial charge in [-0.05, 0) is 56.2 Å². The van der Waals surface area contributed by atoms with Crippen molar-refractivity contribution in [2.24, 2.45) is 17.8 Å². The Kier molecular flexibility index (Phi) is 3.83. The molecule has 2 aliphatic rings. The summed E-state index contributed by atoms with van der Waals surface area (Å²) in [7, 11) is 5.32. The van der Waals surface area contributed by atoms with Gasteiger partial charge in [-0.3, -0.25) is 0 Å². The Morgan fingerprint density at radius 3 is 2.40 bits per heavy atom. The zero-order valence-corrected chi connectivity index (χ0v) is 13.0. The van der Waals surface area contributed by atoms with Gasteiger partial charge in [-0.15, -0.1) is 0 Å². The van der Waals surface area contributed by atoms with Crippen LogP contribution < -0.4 is 14.8 Å². The number of hydrogen-bond acceptors (Lipinski definition) is 3. The number of benzene rings is 1. The number of rotatable bonds is 5. The van der Waals surface area contributed by atoms with Crippen molar-refractivity contribution in [3.63, 3.8) is 0 Å². The molecule has 2 fully saturated rings. The second kappa shape index (κ2) is 5.45. The summed E-state index contributed by atoms with van der Waals surface area (Å²) in [6, 6.07) is 4.32. The van der Waals surface area contributed by atoms with E-state index in [9.17, 15) is 0 Å². The first-order valence-electron chi connectivity index (χ1n) is 7.27. The Balaban J connectivity index is 1.92. The van der Waals surface area contributed by atoms with Crippen LogP contribution in [0.2, 0.25) is 5.02 Å². The average Bonchev–Trinajstić information content (AvgIpc) is 3.07. The Bertz CT molecular complexity index is 495. The number of hydrogen-bond donors (Lipinski definition) is 1. The number of halogens is 1. The van der Waals surface area contributed by atoms with Gasteiger partial charge in [0.2, 0.25) is 0 Å². The van der Waals surface area contributed by atoms with Crippen molar-refractivity contribution in [3.8, 4) is 11.5 Å². The van der Waals surface area contributed by atoms with E-state index in [-0.39, 0.29) is 0 Å². The highest BCUT2D eigenvalue weighted by Gasteiger charge is 2.48.